The monoisotopic (exact) mass is 223 g/mol. The third kappa shape index (κ3) is 2.38. The van der Waals surface area contributed by atoms with Crippen molar-refractivity contribution >= 4 is 0 Å². The predicted molar refractivity (Wildman–Crippen MR) is 45.8 cm³/mol. The summed E-state index contributed by atoms with van der Waals surface area (Å²) in [6, 6.07) is 1.07. The van der Waals surface area contributed by atoms with Gasteiger partial charge in [0.05, 0.1) is 5.92 Å². The molecule has 1 unspecified atom stereocenters. The smallest absolute Gasteiger partial charge is 0.246 e. The SMILES string of the molecule is NCC(c1cc(F)cc(F)c1O)C(F)F. The Kier molecular flexibility index (Phi) is 3.52. The van der Waals surface area contributed by atoms with Gasteiger partial charge in [-0.1, -0.05) is 0 Å². The first kappa shape index (κ1) is 11.8. The zero-order valence-electron chi connectivity index (χ0n) is 7.55. The number of nitrogens with two attached hydrogens (primary N) is 1. The number of phenolic OH excluding ortho intramolecular Hbond substituents is 1. The topological polar surface area (TPSA) is 46.2 Å². The van der Waals surface area contributed by atoms with Crippen LogP contribution in [0.2, 0.25) is 0 Å². The molecule has 2 nitrogen and oxygen atoms in total. The third-order valence-electron chi connectivity index (χ3n) is 2.02. The van der Waals surface area contributed by atoms with Gasteiger partial charge in [0.25, 0.3) is 0 Å². The van der Waals surface area contributed by atoms with E-state index in [2.05, 4.69) is 0 Å². The van der Waals surface area contributed by atoms with Gasteiger partial charge in [-0.2, -0.15) is 0 Å². The number of phenols is 1. The summed E-state index contributed by atoms with van der Waals surface area (Å²) in [5, 5.41) is 9.14. The van der Waals surface area contributed by atoms with E-state index in [1.165, 1.54) is 0 Å². The van der Waals surface area contributed by atoms with E-state index < -0.39 is 41.8 Å². The van der Waals surface area contributed by atoms with Crippen molar-refractivity contribution in [2.45, 2.75) is 12.3 Å². The molecule has 84 valence electrons. The van der Waals surface area contributed by atoms with E-state index >= 15 is 0 Å². The van der Waals surface area contributed by atoms with Crippen LogP contribution in [0.4, 0.5) is 17.6 Å². The van der Waals surface area contributed by atoms with Crippen LogP contribution in [-0.2, 0) is 0 Å². The lowest BCUT2D eigenvalue weighted by Crippen LogP contribution is -2.20. The highest BCUT2D eigenvalue weighted by atomic mass is 19.3. The van der Waals surface area contributed by atoms with Crippen LogP contribution >= 0.6 is 0 Å². The van der Waals surface area contributed by atoms with E-state index in [1.807, 2.05) is 0 Å². The van der Waals surface area contributed by atoms with Gasteiger partial charge < -0.3 is 10.8 Å². The molecule has 0 aromatic heterocycles. The Morgan fingerprint density at radius 1 is 1.27 bits per heavy atom. The van der Waals surface area contributed by atoms with Crippen LogP contribution in [0.3, 0.4) is 0 Å². The van der Waals surface area contributed by atoms with Gasteiger partial charge in [-0.15, -0.1) is 0 Å². The highest BCUT2D eigenvalue weighted by molar-refractivity contribution is 5.37. The van der Waals surface area contributed by atoms with Crippen molar-refractivity contribution in [3.05, 3.63) is 29.3 Å². The fourth-order valence-electron chi connectivity index (χ4n) is 1.23. The Morgan fingerprint density at radius 3 is 2.33 bits per heavy atom. The minimum absolute atomic E-state index is 0.415. The summed E-state index contributed by atoms with van der Waals surface area (Å²) in [6.07, 6.45) is -2.89. The number of alkyl halides is 2. The highest BCUT2D eigenvalue weighted by Crippen LogP contribution is 2.32. The Hall–Kier alpha value is -1.30. The molecule has 3 N–H and O–H groups in total. The van der Waals surface area contributed by atoms with Crippen LogP contribution in [0, 0.1) is 11.6 Å². The Labute approximate surface area is 83.3 Å². The predicted octanol–water partition coefficient (Wildman–Crippen LogP) is 1.98. The van der Waals surface area contributed by atoms with Crippen LogP contribution in [0.15, 0.2) is 12.1 Å². The first-order chi connectivity index (χ1) is 6.97. The minimum atomic E-state index is -2.89. The van der Waals surface area contributed by atoms with Gasteiger partial charge in [-0.3, -0.25) is 0 Å². The highest BCUT2D eigenvalue weighted by Gasteiger charge is 2.26. The van der Waals surface area contributed by atoms with Crippen LogP contribution in [0.25, 0.3) is 0 Å². The van der Waals surface area contributed by atoms with Crippen molar-refractivity contribution in [1.29, 1.82) is 0 Å². The molecule has 0 aliphatic rings. The number of benzene rings is 1. The molecule has 1 aromatic carbocycles. The third-order valence-corrected chi connectivity index (χ3v) is 2.02. The lowest BCUT2D eigenvalue weighted by Gasteiger charge is -2.15. The van der Waals surface area contributed by atoms with Crippen LogP contribution < -0.4 is 5.73 Å². The van der Waals surface area contributed by atoms with Crippen LogP contribution in [0.1, 0.15) is 11.5 Å². The minimum Gasteiger partial charge on any atom is -0.505 e. The molecule has 0 aliphatic carbocycles. The molecule has 15 heavy (non-hydrogen) atoms. The summed E-state index contributed by atoms with van der Waals surface area (Å²) in [5.41, 5.74) is 4.53. The molecule has 0 heterocycles. The summed E-state index contributed by atoms with van der Waals surface area (Å²) in [4.78, 5) is 0. The molecule has 6 heteroatoms. The molecule has 0 amide bonds. The molecular weight excluding hydrogens is 214 g/mol. The second kappa shape index (κ2) is 4.48. The number of aromatic hydroxyl groups is 1. The molecule has 0 radical (unpaired) electrons. The second-order valence-corrected chi connectivity index (χ2v) is 3.00. The number of hydrogen-bond acceptors (Lipinski definition) is 2. The van der Waals surface area contributed by atoms with E-state index in [0.717, 1.165) is 0 Å². The molecule has 0 bridgehead atoms. The van der Waals surface area contributed by atoms with Gasteiger partial charge in [0.1, 0.15) is 5.82 Å². The van der Waals surface area contributed by atoms with Crippen molar-refractivity contribution in [1.82, 2.24) is 0 Å². The van der Waals surface area contributed by atoms with E-state index in [-0.39, 0.29) is 0 Å². The fraction of sp³-hybridized carbons (Fsp3) is 0.333. The van der Waals surface area contributed by atoms with Gasteiger partial charge in [-0.05, 0) is 6.07 Å². The largest absolute Gasteiger partial charge is 0.505 e. The average Bonchev–Trinajstić information content (AvgIpc) is 2.13. The average molecular weight is 223 g/mol. The Bertz CT molecular complexity index is 356. The molecular formula is C9H9F4NO. The summed E-state index contributed by atoms with van der Waals surface area (Å²) >= 11 is 0. The van der Waals surface area contributed by atoms with Gasteiger partial charge >= 0.3 is 0 Å². The van der Waals surface area contributed by atoms with Gasteiger partial charge in [0, 0.05) is 18.2 Å². The second-order valence-electron chi connectivity index (χ2n) is 3.00. The molecule has 0 saturated carbocycles. The van der Waals surface area contributed by atoms with E-state index in [1.54, 1.807) is 0 Å². The summed E-state index contributed by atoms with van der Waals surface area (Å²) in [5.74, 6) is -4.86. The number of halogens is 4. The van der Waals surface area contributed by atoms with E-state index in [0.29, 0.717) is 12.1 Å². The fourth-order valence-corrected chi connectivity index (χ4v) is 1.23. The molecule has 1 aromatic rings. The summed E-state index contributed by atoms with van der Waals surface area (Å²) < 4.78 is 50.3. The zero-order valence-corrected chi connectivity index (χ0v) is 7.55. The van der Waals surface area contributed by atoms with E-state index in [9.17, 15) is 17.6 Å². The van der Waals surface area contributed by atoms with Crippen molar-refractivity contribution in [2.24, 2.45) is 5.73 Å². The first-order valence-electron chi connectivity index (χ1n) is 4.13. The normalized spacial score (nSPS) is 13.2. The summed E-state index contributed by atoms with van der Waals surface area (Å²) in [7, 11) is 0. The van der Waals surface area contributed by atoms with Gasteiger partial charge in [0.2, 0.25) is 6.43 Å². The molecule has 0 saturated heterocycles. The molecule has 0 fully saturated rings. The van der Waals surface area contributed by atoms with Crippen molar-refractivity contribution < 1.29 is 22.7 Å². The lowest BCUT2D eigenvalue weighted by molar-refractivity contribution is 0.115. The lowest BCUT2D eigenvalue weighted by atomic mass is 9.98. The van der Waals surface area contributed by atoms with Crippen molar-refractivity contribution in [3.63, 3.8) is 0 Å². The molecule has 0 aliphatic heterocycles. The maximum Gasteiger partial charge on any atom is 0.246 e. The summed E-state index contributed by atoms with van der Waals surface area (Å²) in [6.45, 7) is -0.506. The molecule has 1 atom stereocenters. The van der Waals surface area contributed by atoms with Gasteiger partial charge in [-0.25, -0.2) is 17.6 Å². The number of rotatable bonds is 3. The maximum atomic E-state index is 12.8. The van der Waals surface area contributed by atoms with Crippen molar-refractivity contribution in [2.75, 3.05) is 6.54 Å². The van der Waals surface area contributed by atoms with Gasteiger partial charge in [0.15, 0.2) is 11.6 Å². The van der Waals surface area contributed by atoms with Crippen molar-refractivity contribution in [3.8, 4) is 5.75 Å². The standard InChI is InChI=1S/C9H9F4NO/c10-4-1-5(6(3-14)9(12)13)8(15)7(11)2-4/h1-2,6,9,15H,3,14H2. The quantitative estimate of drug-likeness (QED) is 0.769. The Balaban J connectivity index is 3.22. The van der Waals surface area contributed by atoms with Crippen LogP contribution in [0.5, 0.6) is 5.75 Å². The molecule has 0 spiro atoms. The van der Waals surface area contributed by atoms with E-state index in [4.69, 9.17) is 10.8 Å². The Morgan fingerprint density at radius 2 is 1.87 bits per heavy atom. The first-order valence-corrected chi connectivity index (χ1v) is 4.13. The van der Waals surface area contributed by atoms with Crippen LogP contribution in [-0.4, -0.2) is 18.1 Å². The number of hydrogen-bond donors (Lipinski definition) is 2. The maximum absolute atomic E-state index is 12.8. The molecule has 1 rings (SSSR count). The zero-order chi connectivity index (χ0) is 11.6.